The van der Waals surface area contributed by atoms with Crippen LogP contribution in [0.4, 0.5) is 0 Å². The summed E-state index contributed by atoms with van der Waals surface area (Å²) in [7, 11) is 3.26. The van der Waals surface area contributed by atoms with Crippen molar-refractivity contribution in [1.82, 2.24) is 10.1 Å². The van der Waals surface area contributed by atoms with Gasteiger partial charge >= 0.3 is 11.9 Å². The molecule has 248 valence electrons. The van der Waals surface area contributed by atoms with Crippen LogP contribution in [0.2, 0.25) is 0 Å². The molecule has 0 amide bonds. The molecule has 12 nitrogen and oxygen atoms in total. The number of hydrogen-bond acceptors (Lipinski definition) is 10. The van der Waals surface area contributed by atoms with Crippen molar-refractivity contribution in [2.45, 2.75) is 147 Å². The van der Waals surface area contributed by atoms with Gasteiger partial charge in [-0.25, -0.2) is 0 Å². The van der Waals surface area contributed by atoms with Gasteiger partial charge in [-0.2, -0.15) is 30.9 Å². The molecule has 2 aliphatic rings. The second-order valence-electron chi connectivity index (χ2n) is 15.8. The number of nitriles is 2. The highest BCUT2D eigenvalue weighted by atomic mass is 16.7. The molecule has 0 saturated carbocycles. The van der Waals surface area contributed by atoms with Crippen molar-refractivity contribution in [2.75, 3.05) is 14.2 Å². The van der Waals surface area contributed by atoms with Crippen LogP contribution in [0.3, 0.4) is 0 Å². The Hall–Kier alpha value is -2.64. The van der Waals surface area contributed by atoms with E-state index in [-0.39, 0.29) is 31.1 Å². The Balaban J connectivity index is 2.82. The van der Waals surface area contributed by atoms with Gasteiger partial charge in [0.15, 0.2) is 11.1 Å². The summed E-state index contributed by atoms with van der Waals surface area (Å²) in [6, 6.07) is 4.25. The number of azo groups is 1. The maximum Gasteiger partial charge on any atom is 0.310 e. The van der Waals surface area contributed by atoms with Gasteiger partial charge < -0.3 is 19.9 Å². The Morgan fingerprint density at radius 2 is 1.11 bits per heavy atom. The number of nitrogens with zero attached hydrogens (tertiary/aromatic N) is 6. The molecule has 0 aromatic heterocycles. The van der Waals surface area contributed by atoms with E-state index in [2.05, 4.69) is 16.3 Å². The van der Waals surface area contributed by atoms with Crippen molar-refractivity contribution in [3.05, 3.63) is 0 Å². The summed E-state index contributed by atoms with van der Waals surface area (Å²) >= 11 is 0. The van der Waals surface area contributed by atoms with E-state index in [1.165, 1.54) is 6.92 Å². The van der Waals surface area contributed by atoms with E-state index >= 15 is 0 Å². The lowest BCUT2D eigenvalue weighted by Gasteiger charge is -2.61. The van der Waals surface area contributed by atoms with Crippen LogP contribution < -0.4 is 0 Å². The molecule has 0 spiro atoms. The second-order valence-corrected chi connectivity index (χ2v) is 15.8. The topological polar surface area (TPSA) is 172 Å². The molecule has 2 saturated heterocycles. The number of hydrogen-bond donors (Lipinski definition) is 2. The predicted octanol–water partition coefficient (Wildman–Crippen LogP) is 5.99. The van der Waals surface area contributed by atoms with Crippen LogP contribution in [0, 0.1) is 39.9 Å². The number of carbonyl (C=O) groups is 2. The third-order valence-electron chi connectivity index (χ3n) is 9.84. The van der Waals surface area contributed by atoms with Crippen LogP contribution in [-0.2, 0) is 19.3 Å². The fraction of sp³-hybridized carbons (Fsp3) is 0.875. The minimum atomic E-state index is -1.61. The zero-order chi connectivity index (χ0) is 34.2. The lowest BCUT2D eigenvalue weighted by molar-refractivity contribution is -0.293. The molecule has 0 bridgehead atoms. The molecule has 2 rings (SSSR count). The van der Waals surface area contributed by atoms with E-state index < -0.39 is 50.6 Å². The molecule has 2 fully saturated rings. The first-order valence-electron chi connectivity index (χ1n) is 15.3. The van der Waals surface area contributed by atoms with Gasteiger partial charge in [-0.1, -0.05) is 0 Å². The van der Waals surface area contributed by atoms with E-state index in [0.717, 1.165) is 0 Å². The molecule has 0 aliphatic carbocycles. The van der Waals surface area contributed by atoms with Crippen LogP contribution in [0.1, 0.15) is 114 Å². The molecular formula is C32H54N6O6. The molecule has 12 heteroatoms. The number of carboxylic acid groups (broad SMARTS) is 2. The molecule has 2 aliphatic heterocycles. The van der Waals surface area contributed by atoms with Crippen molar-refractivity contribution in [3.63, 3.8) is 0 Å². The maximum absolute atomic E-state index is 14.0. The Bertz CT molecular complexity index is 1120. The summed E-state index contributed by atoms with van der Waals surface area (Å²) in [6.07, 6.45) is 1.46. The smallest absolute Gasteiger partial charge is 0.310 e. The highest BCUT2D eigenvalue weighted by Crippen LogP contribution is 2.59. The van der Waals surface area contributed by atoms with Gasteiger partial charge in [-0.3, -0.25) is 9.59 Å². The van der Waals surface area contributed by atoms with Gasteiger partial charge in [0.1, 0.15) is 0 Å². The van der Waals surface area contributed by atoms with Gasteiger partial charge in [0.05, 0.1) is 31.8 Å². The summed E-state index contributed by atoms with van der Waals surface area (Å²) in [4.78, 5) is 36.9. The van der Waals surface area contributed by atoms with Gasteiger partial charge in [0.2, 0.25) is 0 Å². The Labute approximate surface area is 263 Å². The van der Waals surface area contributed by atoms with Gasteiger partial charge in [0, 0.05) is 35.0 Å². The molecule has 0 radical (unpaired) electrons. The third-order valence-corrected chi connectivity index (χ3v) is 9.84. The van der Waals surface area contributed by atoms with Crippen molar-refractivity contribution in [1.29, 1.82) is 10.5 Å². The molecule has 2 heterocycles. The largest absolute Gasteiger partial charge is 0.481 e. The fourth-order valence-corrected chi connectivity index (χ4v) is 8.66. The summed E-state index contributed by atoms with van der Waals surface area (Å²) < 4.78 is 0. The molecule has 0 aromatic carbocycles. The second kappa shape index (κ2) is 12.6. The minimum Gasteiger partial charge on any atom is -0.481 e. The fourth-order valence-electron chi connectivity index (χ4n) is 8.66. The highest BCUT2D eigenvalue weighted by molar-refractivity contribution is 5.76. The van der Waals surface area contributed by atoms with Crippen molar-refractivity contribution in [3.8, 4) is 12.1 Å². The zero-order valence-electron chi connectivity index (χ0n) is 28.8. The minimum absolute atomic E-state index is 0.0936. The SMILES string of the molecule is CON1C(C)(C)CC(C(CC(C)(C#N)/N=N/C(C)(C#N)CCC(=O)O)(C(=O)O)C2CC(C)(C)N(OC)C(C)(C)C2)CC1(C)C. The third kappa shape index (κ3) is 7.42. The van der Waals surface area contributed by atoms with Crippen molar-refractivity contribution >= 4 is 11.9 Å². The average molecular weight is 619 g/mol. The maximum atomic E-state index is 14.0. The van der Waals surface area contributed by atoms with Crippen LogP contribution >= 0.6 is 0 Å². The average Bonchev–Trinajstić information content (AvgIpc) is 2.87. The lowest BCUT2D eigenvalue weighted by atomic mass is 9.51. The first-order chi connectivity index (χ1) is 19.9. The monoisotopic (exact) mass is 618 g/mol. The van der Waals surface area contributed by atoms with Crippen LogP contribution in [0.15, 0.2) is 10.2 Å². The van der Waals surface area contributed by atoms with Gasteiger partial charge in [0.25, 0.3) is 0 Å². The predicted molar refractivity (Wildman–Crippen MR) is 164 cm³/mol. The summed E-state index contributed by atoms with van der Waals surface area (Å²) in [5.41, 5.74) is -6.62. The number of rotatable bonds is 12. The van der Waals surface area contributed by atoms with Crippen LogP contribution in [0.5, 0.6) is 0 Å². The Kier molecular flexibility index (Phi) is 10.8. The van der Waals surface area contributed by atoms with E-state index in [1.54, 1.807) is 21.1 Å². The van der Waals surface area contributed by atoms with E-state index in [1.807, 2.05) is 71.6 Å². The van der Waals surface area contributed by atoms with Gasteiger partial charge in [-0.05, 0) is 113 Å². The van der Waals surface area contributed by atoms with E-state index in [0.29, 0.717) is 25.7 Å². The normalized spacial score (nSPS) is 25.4. The molecule has 44 heavy (non-hydrogen) atoms. The van der Waals surface area contributed by atoms with Crippen molar-refractivity contribution in [2.24, 2.45) is 27.5 Å². The summed E-state index contributed by atoms with van der Waals surface area (Å²) in [5.74, 6) is -2.82. The molecule has 2 N–H and O–H groups in total. The zero-order valence-corrected chi connectivity index (χ0v) is 28.8. The lowest BCUT2D eigenvalue weighted by Crippen LogP contribution is -2.67. The standard InChI is InChI=1S/C32H54N6O6/c1-26(2)15-22(16-27(3,4)37(26)43-11)32(25(41)42,23-17-28(5,6)38(44-12)29(7,8)18-23)19-31(10,21-34)36-35-30(9,20-33)14-13-24(39)40/h22-23H,13-19H2,1-12H3,(H,39,40)(H,41,42)/b36-35+. The summed E-state index contributed by atoms with van der Waals surface area (Å²) in [6.45, 7) is 19.4. The van der Waals surface area contributed by atoms with Crippen molar-refractivity contribution < 1.29 is 29.5 Å². The number of aliphatic carboxylic acids is 2. The molecule has 2 unspecified atom stereocenters. The van der Waals surface area contributed by atoms with E-state index in [9.17, 15) is 25.2 Å². The summed E-state index contributed by atoms with van der Waals surface area (Å²) in [5, 5.41) is 53.5. The number of piperidine rings is 2. The number of hydroxylamine groups is 4. The van der Waals surface area contributed by atoms with Crippen LogP contribution in [0.25, 0.3) is 0 Å². The van der Waals surface area contributed by atoms with E-state index in [4.69, 9.17) is 14.8 Å². The quantitative estimate of drug-likeness (QED) is 0.247. The molecular weight excluding hydrogens is 564 g/mol. The van der Waals surface area contributed by atoms with Gasteiger partial charge in [-0.15, -0.1) is 0 Å². The molecule has 0 aromatic rings. The Morgan fingerprint density at radius 1 is 0.773 bits per heavy atom. The first-order valence-corrected chi connectivity index (χ1v) is 15.3. The van der Waals surface area contributed by atoms with Crippen LogP contribution in [-0.4, -0.2) is 79.7 Å². The molecule has 2 atom stereocenters. The first kappa shape index (κ1) is 37.5. The highest BCUT2D eigenvalue weighted by Gasteiger charge is 2.63. The number of carboxylic acids is 2. The Morgan fingerprint density at radius 3 is 1.39 bits per heavy atom.